The highest BCUT2D eigenvalue weighted by Gasteiger charge is 2.19. The van der Waals surface area contributed by atoms with Crippen LogP contribution < -0.4 is 15.2 Å². The molecular weight excluding hydrogens is 444 g/mol. The number of carbonyl (C=O) groups is 2. The molecule has 0 aliphatic heterocycles. The Hall–Kier alpha value is -4.44. The van der Waals surface area contributed by atoms with Crippen LogP contribution in [0.15, 0.2) is 66.7 Å². The Balaban J connectivity index is 1.63. The average molecular weight is 461 g/mol. The molecule has 8 nitrogen and oxygen atoms in total. The van der Waals surface area contributed by atoms with E-state index in [1.165, 1.54) is 18.2 Å². The zero-order valence-corrected chi connectivity index (χ0v) is 17.9. The van der Waals surface area contributed by atoms with Crippen molar-refractivity contribution in [2.24, 2.45) is 0 Å². The highest BCUT2D eigenvalue weighted by molar-refractivity contribution is 6.39. The summed E-state index contributed by atoms with van der Waals surface area (Å²) in [4.78, 5) is 26.3. The van der Waals surface area contributed by atoms with Crippen LogP contribution in [-0.2, 0) is 11.2 Å². The molecule has 0 aromatic heterocycles. The van der Waals surface area contributed by atoms with Crippen LogP contribution >= 0.6 is 11.6 Å². The molecule has 3 aromatic carbocycles. The third kappa shape index (κ3) is 6.05. The minimum atomic E-state index is -1.62. The molecule has 0 saturated heterocycles. The minimum Gasteiger partial charge on any atom is -0.538 e. The Bertz CT molecular complexity index is 1280. The van der Waals surface area contributed by atoms with Crippen LogP contribution in [-0.4, -0.2) is 28.9 Å². The molecule has 0 bridgehead atoms. The molecule has 0 radical (unpaired) electrons. The lowest BCUT2D eigenvalue weighted by atomic mass is 10.1. The number of carbonyl (C=O) groups excluding carboxylic acids is 2. The van der Waals surface area contributed by atoms with E-state index in [1.54, 1.807) is 36.4 Å². The van der Waals surface area contributed by atoms with E-state index in [1.807, 2.05) is 18.2 Å². The van der Waals surface area contributed by atoms with E-state index in [9.17, 15) is 20.0 Å². The third-order valence-electron chi connectivity index (χ3n) is 4.64. The fourth-order valence-corrected chi connectivity index (χ4v) is 3.08. The van der Waals surface area contributed by atoms with Gasteiger partial charge in [-0.2, -0.15) is 5.26 Å². The first-order valence-electron chi connectivity index (χ1n) is 9.72. The van der Waals surface area contributed by atoms with Gasteiger partial charge in [0.15, 0.2) is 5.97 Å². The van der Waals surface area contributed by atoms with Crippen LogP contribution in [0.2, 0.25) is 5.02 Å². The number of benzene rings is 3. The SMILES string of the molecule is N#Cc1cc(C(=[N+]=N)C(=O)[O-])ccc1Oc1ccc(C(=O)NCCc2ccc(Cl)cc2)cc1. The fraction of sp³-hybridized carbons (Fsp3) is 0.0833. The lowest BCUT2D eigenvalue weighted by Crippen LogP contribution is -2.33. The van der Waals surface area contributed by atoms with E-state index in [0.717, 1.165) is 5.56 Å². The van der Waals surface area contributed by atoms with Crippen molar-refractivity contribution in [1.29, 1.82) is 10.8 Å². The van der Waals surface area contributed by atoms with E-state index in [2.05, 4.69) is 10.1 Å². The van der Waals surface area contributed by atoms with Gasteiger partial charge in [0.2, 0.25) is 0 Å². The molecule has 0 saturated carbocycles. The Kier molecular flexibility index (Phi) is 7.55. The number of ether oxygens (including phenoxy) is 1. The fourth-order valence-electron chi connectivity index (χ4n) is 2.96. The predicted octanol–water partition coefficient (Wildman–Crippen LogP) is 2.75. The molecular formula is C24H17ClN4O4. The topological polar surface area (TPSA) is 140 Å². The number of carboxylic acid groups (broad SMARTS) is 1. The standard InChI is InChI=1S/C24H17ClN4O4/c25-19-6-1-15(2-7-19)11-12-28-23(30)16-3-8-20(9-4-16)33-21-10-5-17(13-18(21)14-26)22(29-27)24(31)32/h1-10,13,27H,11-12H2,(H-,28,30,31,32). The number of halogens is 1. The van der Waals surface area contributed by atoms with Crippen molar-refractivity contribution in [3.8, 4) is 17.6 Å². The lowest BCUT2D eigenvalue weighted by Gasteiger charge is -2.09. The van der Waals surface area contributed by atoms with Crippen LogP contribution in [0.1, 0.15) is 27.0 Å². The Labute approximate surface area is 194 Å². The summed E-state index contributed by atoms with van der Waals surface area (Å²) < 4.78 is 5.70. The monoisotopic (exact) mass is 460 g/mol. The highest BCUT2D eigenvalue weighted by Crippen LogP contribution is 2.26. The van der Waals surface area contributed by atoms with Gasteiger partial charge in [-0.25, -0.2) is 0 Å². The molecule has 0 heterocycles. The number of hydrogen-bond acceptors (Lipinski definition) is 6. The first kappa shape index (κ1) is 23.2. The quantitative estimate of drug-likeness (QED) is 0.302. The van der Waals surface area contributed by atoms with Crippen molar-refractivity contribution in [1.82, 2.24) is 5.32 Å². The molecule has 1 amide bonds. The van der Waals surface area contributed by atoms with E-state index in [-0.39, 0.29) is 22.8 Å². The second-order valence-electron chi connectivity index (χ2n) is 6.83. The summed E-state index contributed by atoms with van der Waals surface area (Å²) in [5.41, 5.74) is 7.97. The summed E-state index contributed by atoms with van der Waals surface area (Å²) in [5, 5.41) is 23.9. The van der Waals surface area contributed by atoms with Gasteiger partial charge < -0.3 is 20.0 Å². The number of carboxylic acids is 1. The van der Waals surface area contributed by atoms with Gasteiger partial charge in [-0.3, -0.25) is 4.79 Å². The summed E-state index contributed by atoms with van der Waals surface area (Å²) >= 11 is 5.86. The zero-order chi connectivity index (χ0) is 23.8. The lowest BCUT2D eigenvalue weighted by molar-refractivity contribution is -0.298. The Morgan fingerprint density at radius 1 is 1.06 bits per heavy atom. The Morgan fingerprint density at radius 2 is 1.73 bits per heavy atom. The van der Waals surface area contributed by atoms with Gasteiger partial charge in [0.05, 0.1) is 21.4 Å². The summed E-state index contributed by atoms with van der Waals surface area (Å²) in [5.74, 6) is -1.29. The van der Waals surface area contributed by atoms with Crippen molar-refractivity contribution >= 4 is 29.2 Å². The van der Waals surface area contributed by atoms with Crippen LogP contribution in [0, 0.1) is 16.9 Å². The van der Waals surface area contributed by atoms with Gasteiger partial charge in [0.1, 0.15) is 17.6 Å². The number of aliphatic carboxylic acids is 1. The predicted molar refractivity (Wildman–Crippen MR) is 117 cm³/mol. The van der Waals surface area contributed by atoms with E-state index >= 15 is 0 Å². The number of rotatable bonds is 8. The van der Waals surface area contributed by atoms with Crippen molar-refractivity contribution in [3.63, 3.8) is 0 Å². The maximum absolute atomic E-state index is 12.3. The molecule has 9 heteroatoms. The largest absolute Gasteiger partial charge is 0.538 e. The molecule has 33 heavy (non-hydrogen) atoms. The van der Waals surface area contributed by atoms with Gasteiger partial charge in [0.25, 0.3) is 5.91 Å². The third-order valence-corrected chi connectivity index (χ3v) is 4.89. The number of nitrogens with one attached hydrogen (secondary N) is 2. The molecule has 164 valence electrons. The first-order valence-corrected chi connectivity index (χ1v) is 10.1. The van der Waals surface area contributed by atoms with Gasteiger partial charge in [-0.15, -0.1) is 0 Å². The van der Waals surface area contributed by atoms with Crippen LogP contribution in [0.4, 0.5) is 0 Å². The summed E-state index contributed by atoms with van der Waals surface area (Å²) in [7, 11) is 0. The molecule has 3 aromatic rings. The molecule has 0 atom stereocenters. The summed E-state index contributed by atoms with van der Waals surface area (Å²) in [6, 6.07) is 19.7. The van der Waals surface area contributed by atoms with Gasteiger partial charge >= 0.3 is 5.71 Å². The van der Waals surface area contributed by atoms with Crippen molar-refractivity contribution in [2.45, 2.75) is 6.42 Å². The normalized spacial score (nSPS) is 9.94. The molecule has 0 unspecified atom stereocenters. The van der Waals surface area contributed by atoms with Gasteiger partial charge in [0, 0.05) is 17.1 Å². The van der Waals surface area contributed by atoms with Crippen molar-refractivity contribution in [3.05, 3.63) is 94.0 Å². The number of amides is 1. The molecule has 0 aliphatic carbocycles. The Morgan fingerprint density at radius 3 is 2.33 bits per heavy atom. The molecule has 3 rings (SSSR count). The zero-order valence-electron chi connectivity index (χ0n) is 17.2. The van der Waals surface area contributed by atoms with Crippen molar-refractivity contribution < 1.29 is 24.2 Å². The number of nitrogens with zero attached hydrogens (tertiary/aromatic N) is 2. The summed E-state index contributed by atoms with van der Waals surface area (Å²) in [6.07, 6.45) is 0.668. The summed E-state index contributed by atoms with van der Waals surface area (Å²) in [6.45, 7) is 0.464. The highest BCUT2D eigenvalue weighted by atomic mass is 35.5. The second-order valence-corrected chi connectivity index (χ2v) is 7.27. The molecule has 0 spiro atoms. The van der Waals surface area contributed by atoms with Crippen LogP contribution in [0.5, 0.6) is 11.5 Å². The number of hydrogen-bond donors (Lipinski definition) is 2. The maximum atomic E-state index is 12.3. The first-order chi connectivity index (χ1) is 15.9. The smallest absolute Gasteiger partial charge is 0.394 e. The van der Waals surface area contributed by atoms with E-state index in [0.29, 0.717) is 29.3 Å². The van der Waals surface area contributed by atoms with Gasteiger partial charge in [-0.05, 0) is 66.6 Å². The van der Waals surface area contributed by atoms with E-state index in [4.69, 9.17) is 21.9 Å². The van der Waals surface area contributed by atoms with Gasteiger partial charge in [-0.1, -0.05) is 23.7 Å². The second kappa shape index (κ2) is 10.7. The van der Waals surface area contributed by atoms with Crippen LogP contribution in [0.25, 0.3) is 0 Å². The van der Waals surface area contributed by atoms with Crippen molar-refractivity contribution in [2.75, 3.05) is 6.54 Å². The molecule has 2 N–H and O–H groups in total. The molecule has 0 fully saturated rings. The molecule has 0 aliphatic rings. The average Bonchev–Trinajstić information content (AvgIpc) is 2.81. The minimum absolute atomic E-state index is 0.0546. The number of nitriles is 1. The van der Waals surface area contributed by atoms with Crippen LogP contribution in [0.3, 0.4) is 0 Å². The van der Waals surface area contributed by atoms with E-state index < -0.39 is 11.7 Å². The maximum Gasteiger partial charge on any atom is 0.394 e.